The third-order valence-corrected chi connectivity index (χ3v) is 1.98. The number of Topliss-reactive ketones (excluding diaryl/α,β-unsaturated/α-hetero) is 1. The van der Waals surface area contributed by atoms with Crippen molar-refractivity contribution in [2.75, 3.05) is 6.54 Å². The Kier molecular flexibility index (Phi) is 4.00. The molecule has 0 saturated heterocycles. The second-order valence-electron chi connectivity index (χ2n) is 2.82. The molecule has 15 heavy (non-hydrogen) atoms. The normalized spacial score (nSPS) is 9.40. The number of ketones is 1. The molecule has 1 aromatic carbocycles. The molecule has 2 amide bonds. The van der Waals surface area contributed by atoms with Crippen molar-refractivity contribution in [2.45, 2.75) is 0 Å². The van der Waals surface area contributed by atoms with Gasteiger partial charge in [-0.2, -0.15) is 0 Å². The third-order valence-electron chi connectivity index (χ3n) is 1.74. The molecule has 0 aromatic heterocycles. The molecule has 0 atom stereocenters. The van der Waals surface area contributed by atoms with Gasteiger partial charge in [0.1, 0.15) is 0 Å². The standard InChI is InChI=1S/C10H8ClNO3/c11-9-3-1-2-8(4-9)10(15)5-12(6-13)7-14/h1-4,6-7H,5H2. The minimum Gasteiger partial charge on any atom is -0.292 e. The van der Waals surface area contributed by atoms with E-state index in [4.69, 9.17) is 11.6 Å². The van der Waals surface area contributed by atoms with Crippen molar-refractivity contribution in [1.29, 1.82) is 0 Å². The fraction of sp³-hybridized carbons (Fsp3) is 0.100. The molecule has 0 N–H and O–H groups in total. The predicted molar refractivity (Wildman–Crippen MR) is 54.6 cm³/mol. The summed E-state index contributed by atoms with van der Waals surface area (Å²) in [5, 5.41) is 0.435. The highest BCUT2D eigenvalue weighted by atomic mass is 35.5. The average Bonchev–Trinajstić information content (AvgIpc) is 2.25. The zero-order valence-corrected chi connectivity index (χ0v) is 8.48. The van der Waals surface area contributed by atoms with Crippen molar-refractivity contribution < 1.29 is 14.4 Å². The first-order chi connectivity index (χ1) is 7.17. The van der Waals surface area contributed by atoms with Gasteiger partial charge in [-0.15, -0.1) is 0 Å². The summed E-state index contributed by atoms with van der Waals surface area (Å²) in [6.07, 6.45) is 0.602. The number of rotatable bonds is 5. The van der Waals surface area contributed by atoms with Gasteiger partial charge < -0.3 is 0 Å². The highest BCUT2D eigenvalue weighted by molar-refractivity contribution is 6.31. The van der Waals surface area contributed by atoms with Crippen LogP contribution in [0.15, 0.2) is 24.3 Å². The highest BCUT2D eigenvalue weighted by Crippen LogP contribution is 2.11. The molecule has 0 bridgehead atoms. The maximum Gasteiger partial charge on any atom is 0.216 e. The number of imide groups is 1. The second-order valence-corrected chi connectivity index (χ2v) is 3.25. The Bertz CT molecular complexity index is 384. The first kappa shape index (κ1) is 11.4. The van der Waals surface area contributed by atoms with E-state index in [1.165, 1.54) is 6.07 Å². The van der Waals surface area contributed by atoms with Crippen LogP contribution in [0.5, 0.6) is 0 Å². The smallest absolute Gasteiger partial charge is 0.216 e. The molecule has 0 fully saturated rings. The Labute approximate surface area is 91.4 Å². The van der Waals surface area contributed by atoms with Crippen molar-refractivity contribution in [1.82, 2.24) is 4.90 Å². The molecule has 1 rings (SSSR count). The molecule has 0 aliphatic rings. The fourth-order valence-electron chi connectivity index (χ4n) is 1.02. The van der Waals surface area contributed by atoms with Gasteiger partial charge in [0.25, 0.3) is 0 Å². The van der Waals surface area contributed by atoms with Crippen molar-refractivity contribution in [3.05, 3.63) is 34.9 Å². The van der Waals surface area contributed by atoms with E-state index in [1.54, 1.807) is 18.2 Å². The summed E-state index contributed by atoms with van der Waals surface area (Å²) >= 11 is 5.69. The lowest BCUT2D eigenvalue weighted by Crippen LogP contribution is -2.27. The summed E-state index contributed by atoms with van der Waals surface area (Å²) in [5.74, 6) is -0.336. The third kappa shape index (κ3) is 3.18. The van der Waals surface area contributed by atoms with Gasteiger partial charge in [-0.3, -0.25) is 19.3 Å². The fourth-order valence-corrected chi connectivity index (χ4v) is 1.21. The number of benzene rings is 1. The van der Waals surface area contributed by atoms with E-state index in [1.807, 2.05) is 0 Å². The molecular weight excluding hydrogens is 218 g/mol. The molecule has 0 aliphatic carbocycles. The van der Waals surface area contributed by atoms with Gasteiger partial charge in [-0.05, 0) is 12.1 Å². The summed E-state index contributed by atoms with van der Waals surface area (Å²) in [6.45, 7) is -0.270. The van der Waals surface area contributed by atoms with Gasteiger partial charge in [-0.1, -0.05) is 23.7 Å². The molecule has 0 unspecified atom stereocenters. The Balaban J connectivity index is 2.77. The van der Waals surface area contributed by atoms with E-state index >= 15 is 0 Å². The Hall–Kier alpha value is -1.68. The van der Waals surface area contributed by atoms with E-state index < -0.39 is 0 Å². The van der Waals surface area contributed by atoms with Crippen molar-refractivity contribution in [3.63, 3.8) is 0 Å². The molecular formula is C10H8ClNO3. The van der Waals surface area contributed by atoms with Gasteiger partial charge in [-0.25, -0.2) is 0 Å². The monoisotopic (exact) mass is 225 g/mol. The Morgan fingerprint density at radius 3 is 2.53 bits per heavy atom. The van der Waals surface area contributed by atoms with Crippen molar-refractivity contribution in [2.24, 2.45) is 0 Å². The lowest BCUT2D eigenvalue weighted by atomic mass is 10.1. The first-order valence-corrected chi connectivity index (χ1v) is 4.50. The van der Waals surface area contributed by atoms with Crippen LogP contribution in [0.1, 0.15) is 10.4 Å². The minimum absolute atomic E-state index is 0.270. The highest BCUT2D eigenvalue weighted by Gasteiger charge is 2.10. The van der Waals surface area contributed by atoms with Crippen molar-refractivity contribution in [3.8, 4) is 0 Å². The Morgan fingerprint density at radius 1 is 1.33 bits per heavy atom. The lowest BCUT2D eigenvalue weighted by Gasteiger charge is -2.07. The number of hydrogen-bond donors (Lipinski definition) is 0. The van der Waals surface area contributed by atoms with Crippen LogP contribution in [0.4, 0.5) is 0 Å². The van der Waals surface area contributed by atoms with Gasteiger partial charge in [0.15, 0.2) is 5.78 Å². The van der Waals surface area contributed by atoms with Crippen LogP contribution in [0.3, 0.4) is 0 Å². The minimum atomic E-state index is -0.336. The number of carbonyl (C=O) groups is 3. The van der Waals surface area contributed by atoms with E-state index in [2.05, 4.69) is 0 Å². The summed E-state index contributed by atoms with van der Waals surface area (Å²) in [4.78, 5) is 32.8. The molecule has 0 radical (unpaired) electrons. The van der Waals surface area contributed by atoms with Crippen LogP contribution in [-0.4, -0.2) is 30.0 Å². The van der Waals surface area contributed by atoms with E-state index in [-0.39, 0.29) is 12.3 Å². The molecule has 5 heteroatoms. The molecule has 4 nitrogen and oxygen atoms in total. The van der Waals surface area contributed by atoms with E-state index in [0.29, 0.717) is 23.4 Å². The number of halogens is 1. The summed E-state index contributed by atoms with van der Waals surface area (Å²) in [6, 6.07) is 6.32. The van der Waals surface area contributed by atoms with E-state index in [9.17, 15) is 14.4 Å². The predicted octanol–water partition coefficient (Wildman–Crippen LogP) is 1.14. The van der Waals surface area contributed by atoms with Crippen LogP contribution in [0, 0.1) is 0 Å². The molecule has 1 aromatic rings. The zero-order valence-electron chi connectivity index (χ0n) is 7.72. The first-order valence-electron chi connectivity index (χ1n) is 4.12. The second kappa shape index (κ2) is 5.26. The van der Waals surface area contributed by atoms with Gasteiger partial charge in [0.2, 0.25) is 12.8 Å². The topological polar surface area (TPSA) is 54.5 Å². The number of amides is 2. The van der Waals surface area contributed by atoms with Gasteiger partial charge in [0.05, 0.1) is 6.54 Å². The SMILES string of the molecule is O=CN(C=O)CC(=O)c1cccc(Cl)c1. The quantitative estimate of drug-likeness (QED) is 0.558. The van der Waals surface area contributed by atoms with Crippen LogP contribution in [0.2, 0.25) is 5.02 Å². The molecule has 0 heterocycles. The van der Waals surface area contributed by atoms with Crippen LogP contribution in [-0.2, 0) is 9.59 Å². The summed E-state index contributed by atoms with van der Waals surface area (Å²) < 4.78 is 0. The molecule has 0 spiro atoms. The number of carbonyl (C=O) groups excluding carboxylic acids is 3. The molecule has 0 aliphatic heterocycles. The largest absolute Gasteiger partial charge is 0.292 e. The van der Waals surface area contributed by atoms with E-state index in [0.717, 1.165) is 4.90 Å². The lowest BCUT2D eigenvalue weighted by molar-refractivity contribution is -0.128. The molecule has 78 valence electrons. The average molecular weight is 226 g/mol. The summed E-state index contributed by atoms with van der Waals surface area (Å²) in [5.41, 5.74) is 0.371. The maximum absolute atomic E-state index is 11.5. The maximum atomic E-state index is 11.5. The van der Waals surface area contributed by atoms with Gasteiger partial charge in [0, 0.05) is 10.6 Å². The van der Waals surface area contributed by atoms with Crippen molar-refractivity contribution >= 4 is 30.2 Å². The Morgan fingerprint density at radius 2 is 2.00 bits per heavy atom. The molecule has 0 saturated carbocycles. The van der Waals surface area contributed by atoms with Crippen LogP contribution < -0.4 is 0 Å². The van der Waals surface area contributed by atoms with Crippen LogP contribution in [0.25, 0.3) is 0 Å². The summed E-state index contributed by atoms with van der Waals surface area (Å²) in [7, 11) is 0. The van der Waals surface area contributed by atoms with Crippen LogP contribution >= 0.6 is 11.6 Å². The number of hydrogen-bond acceptors (Lipinski definition) is 3. The zero-order chi connectivity index (χ0) is 11.3. The van der Waals surface area contributed by atoms with Gasteiger partial charge >= 0.3 is 0 Å². The number of nitrogens with zero attached hydrogens (tertiary/aromatic N) is 1.